The first kappa shape index (κ1) is 14.4. The molecule has 4 heteroatoms. The Bertz CT molecular complexity index is 193. The van der Waals surface area contributed by atoms with Crippen LogP contribution in [0.1, 0.15) is 34.1 Å². The molecule has 1 atom stereocenters. The van der Waals surface area contributed by atoms with E-state index in [0.29, 0.717) is 18.9 Å². The van der Waals surface area contributed by atoms with E-state index in [1.165, 1.54) is 0 Å². The lowest BCUT2D eigenvalue weighted by molar-refractivity contribution is -0.134. The number of aliphatic hydroxyl groups excluding tert-OH is 1. The summed E-state index contributed by atoms with van der Waals surface area (Å²) in [5, 5.41) is 8.85. The van der Waals surface area contributed by atoms with Gasteiger partial charge in [-0.3, -0.25) is 4.79 Å². The van der Waals surface area contributed by atoms with Crippen molar-refractivity contribution >= 4 is 5.91 Å². The van der Waals surface area contributed by atoms with Gasteiger partial charge in [-0.2, -0.15) is 0 Å². The summed E-state index contributed by atoms with van der Waals surface area (Å²) in [4.78, 5) is 13.5. The third kappa shape index (κ3) is 5.14. The summed E-state index contributed by atoms with van der Waals surface area (Å²) in [6, 6.07) is 0.0152. The molecular formula is C11H24N2O2. The minimum atomic E-state index is -0.0996. The van der Waals surface area contributed by atoms with Gasteiger partial charge < -0.3 is 15.7 Å². The van der Waals surface area contributed by atoms with Crippen molar-refractivity contribution in [1.82, 2.24) is 4.90 Å². The van der Waals surface area contributed by atoms with Crippen LogP contribution in [0.2, 0.25) is 0 Å². The van der Waals surface area contributed by atoms with Crippen LogP contribution in [0.15, 0.2) is 0 Å². The molecule has 0 bridgehead atoms. The van der Waals surface area contributed by atoms with Crippen molar-refractivity contribution in [3.63, 3.8) is 0 Å². The molecule has 0 aliphatic heterocycles. The number of hydrogen-bond acceptors (Lipinski definition) is 3. The average Bonchev–Trinajstić information content (AvgIpc) is 2.12. The van der Waals surface area contributed by atoms with Gasteiger partial charge in [0.2, 0.25) is 5.91 Å². The Morgan fingerprint density at radius 3 is 2.20 bits per heavy atom. The Morgan fingerprint density at radius 1 is 1.33 bits per heavy atom. The maximum atomic E-state index is 11.8. The van der Waals surface area contributed by atoms with Gasteiger partial charge in [-0.15, -0.1) is 0 Å². The molecule has 0 aromatic heterocycles. The molecule has 1 amide bonds. The number of hydrogen-bond donors (Lipinski definition) is 2. The topological polar surface area (TPSA) is 66.6 Å². The molecule has 1 unspecified atom stereocenters. The second-order valence-electron chi connectivity index (χ2n) is 4.52. The predicted molar refractivity (Wildman–Crippen MR) is 61.4 cm³/mol. The van der Waals surface area contributed by atoms with E-state index in [1.807, 2.05) is 27.7 Å². The smallest absolute Gasteiger partial charge is 0.224 e. The van der Waals surface area contributed by atoms with Gasteiger partial charge in [-0.1, -0.05) is 13.8 Å². The molecule has 0 aliphatic rings. The number of nitrogens with two attached hydrogens (primary N) is 1. The molecule has 3 N–H and O–H groups in total. The zero-order valence-electron chi connectivity index (χ0n) is 10.2. The molecule has 0 spiro atoms. The van der Waals surface area contributed by atoms with E-state index in [-0.39, 0.29) is 24.6 Å². The Balaban J connectivity index is 4.25. The molecule has 0 fully saturated rings. The lowest BCUT2D eigenvalue weighted by Gasteiger charge is -2.28. The van der Waals surface area contributed by atoms with Gasteiger partial charge in [-0.25, -0.2) is 0 Å². The SMILES string of the molecule is CC(C)C(N)CC(=O)N(CCO)C(C)C. The van der Waals surface area contributed by atoms with E-state index in [0.717, 1.165) is 0 Å². The van der Waals surface area contributed by atoms with Crippen LogP contribution in [0.5, 0.6) is 0 Å². The zero-order chi connectivity index (χ0) is 12.0. The van der Waals surface area contributed by atoms with Gasteiger partial charge in [0.1, 0.15) is 0 Å². The zero-order valence-corrected chi connectivity index (χ0v) is 10.2. The summed E-state index contributed by atoms with van der Waals surface area (Å²) >= 11 is 0. The first-order valence-corrected chi connectivity index (χ1v) is 5.56. The van der Waals surface area contributed by atoms with Gasteiger partial charge in [-0.05, 0) is 19.8 Å². The van der Waals surface area contributed by atoms with Crippen LogP contribution in [0, 0.1) is 5.92 Å². The van der Waals surface area contributed by atoms with Crippen LogP contribution in [0.4, 0.5) is 0 Å². The number of carbonyl (C=O) groups is 1. The van der Waals surface area contributed by atoms with Crippen LogP contribution in [0.3, 0.4) is 0 Å². The Labute approximate surface area is 92.4 Å². The van der Waals surface area contributed by atoms with Crippen molar-refractivity contribution in [1.29, 1.82) is 0 Å². The normalized spacial score (nSPS) is 13.3. The number of rotatable bonds is 6. The molecule has 0 heterocycles. The molecule has 15 heavy (non-hydrogen) atoms. The lowest BCUT2D eigenvalue weighted by atomic mass is 10.0. The van der Waals surface area contributed by atoms with Crippen molar-refractivity contribution in [2.45, 2.75) is 46.2 Å². The van der Waals surface area contributed by atoms with Crippen LogP contribution in [0.25, 0.3) is 0 Å². The van der Waals surface area contributed by atoms with Crippen molar-refractivity contribution in [2.24, 2.45) is 11.7 Å². The molecule has 0 aliphatic carbocycles. The van der Waals surface area contributed by atoms with Gasteiger partial charge >= 0.3 is 0 Å². The van der Waals surface area contributed by atoms with E-state index in [2.05, 4.69) is 0 Å². The number of nitrogens with zero attached hydrogens (tertiary/aromatic N) is 1. The van der Waals surface area contributed by atoms with Gasteiger partial charge in [0.15, 0.2) is 0 Å². The van der Waals surface area contributed by atoms with E-state index in [4.69, 9.17) is 10.8 Å². The summed E-state index contributed by atoms with van der Waals surface area (Å²) in [6.45, 7) is 8.28. The highest BCUT2D eigenvalue weighted by atomic mass is 16.3. The minimum absolute atomic E-state index is 0.000830. The lowest BCUT2D eigenvalue weighted by Crippen LogP contribution is -2.42. The molecule has 90 valence electrons. The Morgan fingerprint density at radius 2 is 1.87 bits per heavy atom. The summed E-state index contributed by atoms with van der Waals surface area (Å²) < 4.78 is 0. The quantitative estimate of drug-likeness (QED) is 0.683. The third-order valence-electron chi connectivity index (χ3n) is 2.55. The molecule has 0 saturated heterocycles. The number of aliphatic hydroxyl groups is 1. The average molecular weight is 216 g/mol. The standard InChI is InChI=1S/C11H24N2O2/c1-8(2)10(12)7-11(15)13(5-6-14)9(3)4/h8-10,14H,5-7,12H2,1-4H3. The molecule has 0 rings (SSSR count). The molecule has 0 aromatic rings. The van der Waals surface area contributed by atoms with E-state index in [1.54, 1.807) is 4.90 Å². The predicted octanol–water partition coefficient (Wildman–Crippen LogP) is 0.589. The molecular weight excluding hydrogens is 192 g/mol. The van der Waals surface area contributed by atoms with Crippen LogP contribution in [-0.4, -0.2) is 41.1 Å². The number of carbonyl (C=O) groups excluding carboxylic acids is 1. The first-order chi connectivity index (χ1) is 6.90. The summed E-state index contributed by atoms with van der Waals surface area (Å²) in [5.74, 6) is 0.331. The second kappa shape index (κ2) is 6.80. The minimum Gasteiger partial charge on any atom is -0.395 e. The fraction of sp³-hybridized carbons (Fsp3) is 0.909. The van der Waals surface area contributed by atoms with E-state index in [9.17, 15) is 4.79 Å². The summed E-state index contributed by atoms with van der Waals surface area (Å²) in [5.41, 5.74) is 5.84. The molecule has 4 nitrogen and oxygen atoms in total. The highest BCUT2D eigenvalue weighted by molar-refractivity contribution is 5.77. The van der Waals surface area contributed by atoms with E-state index < -0.39 is 0 Å². The van der Waals surface area contributed by atoms with Crippen molar-refractivity contribution < 1.29 is 9.90 Å². The van der Waals surface area contributed by atoms with Crippen molar-refractivity contribution in [2.75, 3.05) is 13.2 Å². The van der Waals surface area contributed by atoms with Gasteiger partial charge in [0, 0.05) is 25.0 Å². The fourth-order valence-corrected chi connectivity index (χ4v) is 1.33. The monoisotopic (exact) mass is 216 g/mol. The van der Waals surface area contributed by atoms with Crippen LogP contribution < -0.4 is 5.73 Å². The van der Waals surface area contributed by atoms with Gasteiger partial charge in [0.05, 0.1) is 6.61 Å². The summed E-state index contributed by atoms with van der Waals surface area (Å²) in [7, 11) is 0. The Kier molecular flexibility index (Phi) is 6.52. The molecule has 0 aromatic carbocycles. The number of amides is 1. The third-order valence-corrected chi connectivity index (χ3v) is 2.55. The van der Waals surface area contributed by atoms with Gasteiger partial charge in [0.25, 0.3) is 0 Å². The highest BCUT2D eigenvalue weighted by Crippen LogP contribution is 2.08. The van der Waals surface area contributed by atoms with Crippen LogP contribution in [-0.2, 0) is 4.79 Å². The first-order valence-electron chi connectivity index (χ1n) is 5.56. The Hall–Kier alpha value is -0.610. The highest BCUT2D eigenvalue weighted by Gasteiger charge is 2.20. The second-order valence-corrected chi connectivity index (χ2v) is 4.52. The van der Waals surface area contributed by atoms with Crippen molar-refractivity contribution in [3.05, 3.63) is 0 Å². The maximum absolute atomic E-state index is 11.8. The largest absolute Gasteiger partial charge is 0.395 e. The molecule has 0 saturated carbocycles. The van der Waals surface area contributed by atoms with Crippen LogP contribution >= 0.6 is 0 Å². The molecule has 0 radical (unpaired) electrons. The summed E-state index contributed by atoms with van der Waals surface area (Å²) in [6.07, 6.45) is 0.357. The van der Waals surface area contributed by atoms with Crippen molar-refractivity contribution in [3.8, 4) is 0 Å². The van der Waals surface area contributed by atoms with E-state index >= 15 is 0 Å². The maximum Gasteiger partial charge on any atom is 0.224 e. The fourth-order valence-electron chi connectivity index (χ4n) is 1.33.